The zero-order valence-electron chi connectivity index (χ0n) is 14.1. The molecule has 13 heteroatoms. The quantitative estimate of drug-likeness (QED) is 0.204. The Morgan fingerprint density at radius 3 is 2.67 bits per heavy atom. The van der Waals surface area contributed by atoms with E-state index in [1.807, 2.05) is 0 Å². The first-order valence-electron chi connectivity index (χ1n) is 7.53. The van der Waals surface area contributed by atoms with Gasteiger partial charge in [0, 0.05) is 5.75 Å². The Morgan fingerprint density at radius 1 is 1.37 bits per heavy atom. The zero-order valence-corrected chi connectivity index (χ0v) is 15.7. The number of hydrogen-bond donors (Lipinski definition) is 1. The van der Waals surface area contributed by atoms with Crippen LogP contribution < -0.4 is 0 Å². The largest absolute Gasteiger partial charge is 0.465 e. The van der Waals surface area contributed by atoms with Gasteiger partial charge >= 0.3 is 11.9 Å². The van der Waals surface area contributed by atoms with Gasteiger partial charge in [-0.1, -0.05) is 10.8 Å². The Morgan fingerprint density at radius 2 is 2.07 bits per heavy atom. The number of aliphatic hydroxyl groups is 1. The van der Waals surface area contributed by atoms with Crippen molar-refractivity contribution in [2.75, 3.05) is 26.1 Å². The van der Waals surface area contributed by atoms with Crippen molar-refractivity contribution in [3.05, 3.63) is 33.4 Å². The van der Waals surface area contributed by atoms with E-state index in [0.717, 1.165) is 28.7 Å². The second kappa shape index (κ2) is 10.4. The summed E-state index contributed by atoms with van der Waals surface area (Å²) < 4.78 is 4.65. The first kappa shape index (κ1) is 21.4. The molecule has 0 spiro atoms. The van der Waals surface area contributed by atoms with E-state index in [1.165, 1.54) is 12.1 Å². The molecule has 0 radical (unpaired) electrons. The Balaban J connectivity index is 2.03. The maximum Gasteiger partial charge on any atom is 0.339 e. The van der Waals surface area contributed by atoms with Gasteiger partial charge in [0.05, 0.1) is 36.2 Å². The molecule has 0 unspecified atom stereocenters. The van der Waals surface area contributed by atoms with Crippen LogP contribution in [0.1, 0.15) is 22.3 Å². The maximum absolute atomic E-state index is 11.9. The summed E-state index contributed by atoms with van der Waals surface area (Å²) in [6.07, 6.45) is -0.0259. The predicted molar refractivity (Wildman–Crippen MR) is 93.1 cm³/mol. The van der Waals surface area contributed by atoms with Crippen LogP contribution in [0, 0.1) is 10.1 Å². The number of benzene rings is 1. The average molecular weight is 420 g/mol. The number of ether oxygens (including phenoxy) is 1. The van der Waals surface area contributed by atoms with Gasteiger partial charge in [0.25, 0.3) is 5.69 Å². The van der Waals surface area contributed by atoms with Crippen LogP contribution in [0.5, 0.6) is 0 Å². The Bertz CT molecular complexity index is 710. The minimum atomic E-state index is -0.742. The van der Waals surface area contributed by atoms with Crippen LogP contribution in [0.2, 0.25) is 0 Å². The monoisotopic (exact) mass is 420 g/mol. The van der Waals surface area contributed by atoms with Crippen LogP contribution in [0.15, 0.2) is 17.0 Å². The molecule has 0 amide bonds. The SMILES string of the molecule is COC(=O)c1ccc(CO)c([N+](=O)[O-])c1SSCCC(=O)ON1OCCO1. The fourth-order valence-electron chi connectivity index (χ4n) is 1.96. The summed E-state index contributed by atoms with van der Waals surface area (Å²) in [6, 6.07) is 2.65. The van der Waals surface area contributed by atoms with E-state index >= 15 is 0 Å². The topological polar surface area (TPSA) is 138 Å². The van der Waals surface area contributed by atoms with Crippen LogP contribution in [0.3, 0.4) is 0 Å². The molecule has 11 nitrogen and oxygen atoms in total. The molecule has 0 atom stereocenters. The van der Waals surface area contributed by atoms with Crippen LogP contribution >= 0.6 is 21.6 Å². The number of carbonyl (C=O) groups is 2. The summed E-state index contributed by atoms with van der Waals surface area (Å²) in [5.74, 6) is -1.12. The predicted octanol–water partition coefficient (Wildman–Crippen LogP) is 1.64. The van der Waals surface area contributed by atoms with Crippen molar-refractivity contribution in [1.82, 2.24) is 5.39 Å². The van der Waals surface area contributed by atoms with Gasteiger partial charge in [-0.25, -0.2) is 14.5 Å². The Labute approximate surface area is 161 Å². The van der Waals surface area contributed by atoms with Gasteiger partial charge in [-0.3, -0.25) is 14.9 Å². The van der Waals surface area contributed by atoms with Gasteiger partial charge in [0.15, 0.2) is 0 Å². The molecule has 0 aliphatic carbocycles. The highest BCUT2D eigenvalue weighted by atomic mass is 33.1. The number of aliphatic hydroxyl groups excluding tert-OH is 1. The molecule has 2 rings (SSSR count). The lowest BCUT2D eigenvalue weighted by Gasteiger charge is -2.11. The van der Waals surface area contributed by atoms with Crippen molar-refractivity contribution in [2.24, 2.45) is 0 Å². The summed E-state index contributed by atoms with van der Waals surface area (Å²) in [7, 11) is 3.21. The summed E-state index contributed by atoms with van der Waals surface area (Å²) in [5, 5.41) is 21.4. The molecule has 148 valence electrons. The molecule has 0 bridgehead atoms. The van der Waals surface area contributed by atoms with Crippen LogP contribution in [-0.4, -0.2) is 53.4 Å². The summed E-state index contributed by atoms with van der Waals surface area (Å²) in [5.41, 5.74) is -0.307. The van der Waals surface area contributed by atoms with Crippen LogP contribution in [0.25, 0.3) is 0 Å². The molecule has 1 fully saturated rings. The Kier molecular flexibility index (Phi) is 8.27. The van der Waals surface area contributed by atoms with Crippen molar-refractivity contribution in [3.63, 3.8) is 0 Å². The fourth-order valence-corrected chi connectivity index (χ4v) is 4.30. The maximum atomic E-state index is 11.9. The molecular weight excluding hydrogens is 404 g/mol. The summed E-state index contributed by atoms with van der Waals surface area (Å²) in [6.45, 7) is -0.00371. The van der Waals surface area contributed by atoms with Crippen LogP contribution in [-0.2, 0) is 30.7 Å². The molecule has 1 saturated heterocycles. The standard InChI is InChI=1S/C14H16N2O9S2/c1-22-14(19)10-3-2-9(8-17)12(15(20)21)13(10)27-26-7-4-11(18)25-16-23-5-6-24-16/h2-3,17H,4-8H2,1H3. The van der Waals surface area contributed by atoms with E-state index < -0.39 is 23.5 Å². The second-order valence-corrected chi connectivity index (χ2v) is 7.29. The van der Waals surface area contributed by atoms with Gasteiger partial charge in [-0.05, 0) is 22.9 Å². The molecular formula is C14H16N2O9S2. The number of nitrogens with zero attached hydrogens (tertiary/aromatic N) is 2. The molecule has 0 aromatic heterocycles. The number of nitro groups is 1. The highest BCUT2D eigenvalue weighted by Gasteiger charge is 2.27. The van der Waals surface area contributed by atoms with E-state index in [0.29, 0.717) is 5.39 Å². The molecule has 1 aromatic carbocycles. The molecule has 1 aliphatic rings. The number of hydrogen-bond acceptors (Lipinski definition) is 12. The van der Waals surface area contributed by atoms with Crippen molar-refractivity contribution < 1.29 is 38.9 Å². The van der Waals surface area contributed by atoms with Crippen LogP contribution in [0.4, 0.5) is 5.69 Å². The van der Waals surface area contributed by atoms with Crippen molar-refractivity contribution in [3.8, 4) is 0 Å². The lowest BCUT2D eigenvalue weighted by molar-refractivity contribution is -0.460. The van der Waals surface area contributed by atoms with E-state index in [4.69, 9.17) is 14.5 Å². The lowest BCUT2D eigenvalue weighted by atomic mass is 10.1. The third kappa shape index (κ3) is 5.79. The Hall–Kier alpha value is -1.90. The van der Waals surface area contributed by atoms with E-state index in [1.54, 1.807) is 0 Å². The highest BCUT2D eigenvalue weighted by Crippen LogP contribution is 2.42. The third-order valence-corrected chi connectivity index (χ3v) is 5.58. The second-order valence-electron chi connectivity index (χ2n) is 4.87. The number of carbonyl (C=O) groups excluding carboxylic acids is 2. The average Bonchev–Trinajstić information content (AvgIpc) is 3.16. The summed E-state index contributed by atoms with van der Waals surface area (Å²) in [4.78, 5) is 48.7. The smallest absolute Gasteiger partial charge is 0.339 e. The number of methoxy groups -OCH3 is 1. The van der Waals surface area contributed by atoms with Crippen molar-refractivity contribution in [2.45, 2.75) is 17.9 Å². The molecule has 1 aliphatic heterocycles. The zero-order chi connectivity index (χ0) is 19.8. The lowest BCUT2D eigenvalue weighted by Crippen LogP contribution is -2.22. The normalized spacial score (nSPS) is 14.1. The molecule has 27 heavy (non-hydrogen) atoms. The van der Waals surface area contributed by atoms with Gasteiger partial charge in [-0.2, -0.15) is 0 Å². The molecule has 1 N–H and O–H groups in total. The number of rotatable bonds is 9. The van der Waals surface area contributed by atoms with E-state index in [9.17, 15) is 24.8 Å². The van der Waals surface area contributed by atoms with E-state index in [2.05, 4.69) is 4.74 Å². The highest BCUT2D eigenvalue weighted by molar-refractivity contribution is 8.76. The first-order valence-corrected chi connectivity index (χ1v) is 9.85. The van der Waals surface area contributed by atoms with Gasteiger partial charge in [0.2, 0.25) is 0 Å². The third-order valence-electron chi connectivity index (χ3n) is 3.16. The molecule has 0 saturated carbocycles. The van der Waals surface area contributed by atoms with Crippen molar-refractivity contribution >= 4 is 39.2 Å². The van der Waals surface area contributed by atoms with Gasteiger partial charge < -0.3 is 14.7 Å². The minimum Gasteiger partial charge on any atom is -0.465 e. The summed E-state index contributed by atoms with van der Waals surface area (Å²) >= 11 is 0. The van der Waals surface area contributed by atoms with Crippen molar-refractivity contribution in [1.29, 1.82) is 0 Å². The fraction of sp³-hybridized carbons (Fsp3) is 0.429. The molecule has 1 aromatic rings. The van der Waals surface area contributed by atoms with Gasteiger partial charge in [-0.15, -0.1) is 0 Å². The number of esters is 1. The molecule has 1 heterocycles. The first-order chi connectivity index (χ1) is 13.0. The number of nitro benzene ring substituents is 1. The van der Waals surface area contributed by atoms with Gasteiger partial charge in [0.1, 0.15) is 23.5 Å². The van der Waals surface area contributed by atoms with E-state index in [-0.39, 0.29) is 47.1 Å². The minimum absolute atomic E-state index is 0.000318.